The molecule has 2 rings (SSSR count). The minimum Gasteiger partial charge on any atom is -0.495 e. The van der Waals surface area contributed by atoms with Crippen molar-refractivity contribution in [3.8, 4) is 11.5 Å². The number of nitrogens with zero attached hydrogens (tertiary/aromatic N) is 1. The monoisotopic (exact) mass is 392 g/mol. The van der Waals surface area contributed by atoms with Crippen molar-refractivity contribution in [2.45, 2.75) is 24.8 Å². The van der Waals surface area contributed by atoms with E-state index in [0.717, 1.165) is 4.31 Å². The molecule has 0 heterocycles. The summed E-state index contributed by atoms with van der Waals surface area (Å²) in [6.45, 7) is 3.84. The molecule has 0 aliphatic rings. The third-order valence-electron chi connectivity index (χ3n) is 3.69. The molecule has 0 aliphatic heterocycles. The highest BCUT2D eigenvalue weighted by Crippen LogP contribution is 2.29. The topological polar surface area (TPSA) is 84.9 Å². The van der Waals surface area contributed by atoms with Crippen LogP contribution in [0.15, 0.2) is 47.4 Å². The highest BCUT2D eigenvalue weighted by atomic mass is 32.2. The third kappa shape index (κ3) is 4.99. The summed E-state index contributed by atoms with van der Waals surface area (Å²) in [5.74, 6) is 0.641. The van der Waals surface area contributed by atoms with Gasteiger partial charge in [-0.05, 0) is 56.3 Å². The average molecular weight is 392 g/mol. The van der Waals surface area contributed by atoms with E-state index in [9.17, 15) is 13.2 Å². The van der Waals surface area contributed by atoms with Crippen LogP contribution >= 0.6 is 0 Å². The molecule has 0 atom stereocenters. The molecule has 8 heteroatoms. The van der Waals surface area contributed by atoms with Crippen LogP contribution in [0.1, 0.15) is 24.2 Å². The number of nitrogens with one attached hydrogen (secondary N) is 1. The van der Waals surface area contributed by atoms with Crippen LogP contribution in [-0.2, 0) is 10.0 Å². The predicted octanol–water partition coefficient (Wildman–Crippen LogP) is 2.99. The van der Waals surface area contributed by atoms with Gasteiger partial charge < -0.3 is 14.8 Å². The smallest absolute Gasteiger partial charge is 0.255 e. The normalized spacial score (nSPS) is 11.5. The summed E-state index contributed by atoms with van der Waals surface area (Å²) < 4.78 is 36.5. The lowest BCUT2D eigenvalue weighted by Gasteiger charge is -2.15. The van der Waals surface area contributed by atoms with Crippen molar-refractivity contribution >= 4 is 21.6 Å². The number of hydrogen-bond acceptors (Lipinski definition) is 5. The van der Waals surface area contributed by atoms with Crippen LogP contribution in [-0.4, -0.2) is 45.9 Å². The van der Waals surface area contributed by atoms with Crippen molar-refractivity contribution in [1.29, 1.82) is 0 Å². The van der Waals surface area contributed by atoms with E-state index in [-0.39, 0.29) is 22.6 Å². The Bertz CT molecular complexity index is 906. The number of methoxy groups -OCH3 is 1. The molecule has 2 aromatic carbocycles. The maximum absolute atomic E-state index is 12.5. The molecule has 0 bridgehead atoms. The molecule has 27 heavy (non-hydrogen) atoms. The average Bonchev–Trinajstić information content (AvgIpc) is 2.61. The number of benzene rings is 2. The molecule has 0 fully saturated rings. The van der Waals surface area contributed by atoms with Crippen LogP contribution in [0.3, 0.4) is 0 Å². The van der Waals surface area contributed by atoms with Gasteiger partial charge in [0, 0.05) is 19.7 Å². The molecule has 7 nitrogen and oxygen atoms in total. The molecule has 0 saturated heterocycles. The van der Waals surface area contributed by atoms with Crippen LogP contribution in [0.5, 0.6) is 11.5 Å². The number of amides is 1. The first-order valence-electron chi connectivity index (χ1n) is 8.33. The molecule has 1 amide bonds. The quantitative estimate of drug-likeness (QED) is 0.783. The SMILES string of the molecule is COc1ccc(S(=O)(=O)N(C)C)cc1NC(=O)c1ccc(OC(C)C)cc1. The van der Waals surface area contributed by atoms with E-state index in [1.807, 2.05) is 13.8 Å². The van der Waals surface area contributed by atoms with Gasteiger partial charge in [0.05, 0.1) is 23.8 Å². The minimum absolute atomic E-state index is 0.0373. The second-order valence-electron chi connectivity index (χ2n) is 6.29. The van der Waals surface area contributed by atoms with Crippen molar-refractivity contribution in [1.82, 2.24) is 4.31 Å². The van der Waals surface area contributed by atoms with Gasteiger partial charge in [-0.1, -0.05) is 0 Å². The van der Waals surface area contributed by atoms with E-state index in [0.29, 0.717) is 17.1 Å². The summed E-state index contributed by atoms with van der Waals surface area (Å²) in [6, 6.07) is 11.0. The zero-order valence-electron chi connectivity index (χ0n) is 16.0. The van der Waals surface area contributed by atoms with E-state index >= 15 is 0 Å². The Morgan fingerprint density at radius 1 is 1.07 bits per heavy atom. The van der Waals surface area contributed by atoms with Gasteiger partial charge in [-0.3, -0.25) is 4.79 Å². The number of carbonyl (C=O) groups is 1. The van der Waals surface area contributed by atoms with Crippen molar-refractivity contribution in [2.75, 3.05) is 26.5 Å². The zero-order valence-corrected chi connectivity index (χ0v) is 16.8. The van der Waals surface area contributed by atoms with E-state index in [2.05, 4.69) is 5.32 Å². The summed E-state index contributed by atoms with van der Waals surface area (Å²) in [7, 11) is 0.702. The van der Waals surface area contributed by atoms with Crippen LogP contribution < -0.4 is 14.8 Å². The Balaban J connectivity index is 2.28. The van der Waals surface area contributed by atoms with Gasteiger partial charge in [-0.25, -0.2) is 12.7 Å². The molecule has 0 aliphatic carbocycles. The Kier molecular flexibility index (Phi) is 6.45. The number of rotatable bonds is 7. The van der Waals surface area contributed by atoms with Crippen LogP contribution in [0, 0.1) is 0 Å². The second-order valence-corrected chi connectivity index (χ2v) is 8.45. The van der Waals surface area contributed by atoms with Gasteiger partial charge in [0.1, 0.15) is 11.5 Å². The Labute approximate surface area is 160 Å². The van der Waals surface area contributed by atoms with Crippen molar-refractivity contribution < 1.29 is 22.7 Å². The first-order valence-corrected chi connectivity index (χ1v) is 9.77. The van der Waals surface area contributed by atoms with Crippen molar-refractivity contribution in [2.24, 2.45) is 0 Å². The summed E-state index contributed by atoms with van der Waals surface area (Å²) in [4.78, 5) is 12.6. The van der Waals surface area contributed by atoms with Gasteiger partial charge >= 0.3 is 0 Å². The molecule has 0 unspecified atom stereocenters. The standard InChI is InChI=1S/C19H24N2O5S/c1-13(2)26-15-8-6-14(7-9-15)19(22)20-17-12-16(10-11-18(17)25-5)27(23,24)21(3)4/h6-13H,1-5H3,(H,20,22). The van der Waals surface area contributed by atoms with Crippen LogP contribution in [0.25, 0.3) is 0 Å². The van der Waals surface area contributed by atoms with Gasteiger partial charge in [-0.15, -0.1) is 0 Å². The van der Waals surface area contributed by atoms with Crippen molar-refractivity contribution in [3.05, 3.63) is 48.0 Å². The lowest BCUT2D eigenvalue weighted by molar-refractivity contribution is 0.102. The zero-order chi connectivity index (χ0) is 20.2. The summed E-state index contributed by atoms with van der Waals surface area (Å²) in [5.41, 5.74) is 0.682. The number of carbonyl (C=O) groups excluding carboxylic acids is 1. The molecule has 0 aromatic heterocycles. The molecule has 2 aromatic rings. The number of hydrogen-bond donors (Lipinski definition) is 1. The van der Waals surface area contributed by atoms with Gasteiger partial charge in [-0.2, -0.15) is 0 Å². The van der Waals surface area contributed by atoms with E-state index < -0.39 is 10.0 Å². The molecule has 146 valence electrons. The second kappa shape index (κ2) is 8.41. The molecular formula is C19H24N2O5S. The Morgan fingerprint density at radius 3 is 2.22 bits per heavy atom. The largest absolute Gasteiger partial charge is 0.495 e. The third-order valence-corrected chi connectivity index (χ3v) is 5.50. The molecule has 0 spiro atoms. The van der Waals surface area contributed by atoms with Gasteiger partial charge in [0.25, 0.3) is 5.91 Å². The number of sulfonamides is 1. The Morgan fingerprint density at radius 2 is 1.70 bits per heavy atom. The fraction of sp³-hybridized carbons (Fsp3) is 0.316. The fourth-order valence-corrected chi connectivity index (χ4v) is 3.24. The van der Waals surface area contributed by atoms with E-state index in [1.165, 1.54) is 39.4 Å². The van der Waals surface area contributed by atoms with Crippen LogP contribution in [0.4, 0.5) is 5.69 Å². The van der Waals surface area contributed by atoms with E-state index in [1.54, 1.807) is 24.3 Å². The molecule has 1 N–H and O–H groups in total. The van der Waals surface area contributed by atoms with Gasteiger partial charge in [0.15, 0.2) is 0 Å². The first-order chi connectivity index (χ1) is 12.6. The highest BCUT2D eigenvalue weighted by Gasteiger charge is 2.20. The van der Waals surface area contributed by atoms with E-state index in [4.69, 9.17) is 9.47 Å². The molecular weight excluding hydrogens is 368 g/mol. The summed E-state index contributed by atoms with van der Waals surface area (Å²) in [6.07, 6.45) is 0.0373. The minimum atomic E-state index is -3.63. The molecule has 0 radical (unpaired) electrons. The first kappa shape index (κ1) is 20.7. The van der Waals surface area contributed by atoms with Crippen LogP contribution in [0.2, 0.25) is 0 Å². The number of anilines is 1. The lowest BCUT2D eigenvalue weighted by Crippen LogP contribution is -2.22. The highest BCUT2D eigenvalue weighted by molar-refractivity contribution is 7.89. The maximum Gasteiger partial charge on any atom is 0.255 e. The molecule has 0 saturated carbocycles. The predicted molar refractivity (Wildman–Crippen MR) is 104 cm³/mol. The summed E-state index contributed by atoms with van der Waals surface area (Å²) >= 11 is 0. The van der Waals surface area contributed by atoms with Gasteiger partial charge in [0.2, 0.25) is 10.0 Å². The fourth-order valence-electron chi connectivity index (χ4n) is 2.31. The van der Waals surface area contributed by atoms with Crippen molar-refractivity contribution in [3.63, 3.8) is 0 Å². The Hall–Kier alpha value is -2.58. The summed E-state index contributed by atoms with van der Waals surface area (Å²) in [5, 5.41) is 2.70. The lowest BCUT2D eigenvalue weighted by atomic mass is 10.2. The maximum atomic E-state index is 12.5. The number of ether oxygens (including phenoxy) is 2.